The monoisotopic (exact) mass is 292 g/mol. The van der Waals surface area contributed by atoms with E-state index in [1.54, 1.807) is 0 Å². The molecule has 0 radical (unpaired) electrons. The Balaban J connectivity index is 0.00000106. The van der Waals surface area contributed by atoms with Crippen LogP contribution < -0.4 is 0 Å². The summed E-state index contributed by atoms with van der Waals surface area (Å²) in [5.74, 6) is 0. The maximum atomic E-state index is 6.16. The molecule has 0 bridgehead atoms. The Hall–Kier alpha value is -0.930. The number of rotatable bonds is 4. The Labute approximate surface area is 130 Å². The summed E-state index contributed by atoms with van der Waals surface area (Å²) in [4.78, 5) is 6.97. The number of pyridine rings is 1. The zero-order valence-corrected chi connectivity index (χ0v) is 14.6. The topological polar surface area (TPSA) is 25.4 Å². The van der Waals surface area contributed by atoms with Crippen molar-refractivity contribution >= 4 is 0 Å². The van der Waals surface area contributed by atoms with E-state index in [9.17, 15) is 0 Å². The first-order valence-electron chi connectivity index (χ1n) is 8.38. The zero-order valence-electron chi connectivity index (χ0n) is 14.6. The van der Waals surface area contributed by atoms with Crippen LogP contribution in [0.5, 0.6) is 0 Å². The van der Waals surface area contributed by atoms with Crippen molar-refractivity contribution in [2.75, 3.05) is 19.7 Å². The highest BCUT2D eigenvalue weighted by Gasteiger charge is 2.37. The third-order valence-electron chi connectivity index (χ3n) is 4.19. The van der Waals surface area contributed by atoms with Crippen LogP contribution in [-0.2, 0) is 10.3 Å². The lowest BCUT2D eigenvalue weighted by molar-refractivity contribution is -0.0888. The largest absolute Gasteiger partial charge is 0.370 e. The third-order valence-corrected chi connectivity index (χ3v) is 4.19. The van der Waals surface area contributed by atoms with Gasteiger partial charge in [-0.1, -0.05) is 19.9 Å². The molecular weight excluding hydrogens is 260 g/mol. The van der Waals surface area contributed by atoms with E-state index in [0.717, 1.165) is 38.2 Å². The lowest BCUT2D eigenvalue weighted by Gasteiger charge is -2.43. The molecule has 0 aliphatic carbocycles. The highest BCUT2D eigenvalue weighted by atomic mass is 16.5. The Morgan fingerprint density at radius 2 is 1.86 bits per heavy atom. The minimum absolute atomic E-state index is 0.124. The maximum absolute atomic E-state index is 6.16. The highest BCUT2D eigenvalue weighted by molar-refractivity contribution is 5.22. The van der Waals surface area contributed by atoms with E-state index in [2.05, 4.69) is 42.8 Å². The van der Waals surface area contributed by atoms with Crippen molar-refractivity contribution < 1.29 is 4.74 Å². The molecule has 0 saturated carbocycles. The van der Waals surface area contributed by atoms with Crippen molar-refractivity contribution in [2.45, 2.75) is 66.0 Å². The highest BCUT2D eigenvalue weighted by Crippen LogP contribution is 2.37. The summed E-state index contributed by atoms with van der Waals surface area (Å²) in [6.07, 6.45) is 4.11. The van der Waals surface area contributed by atoms with E-state index in [-0.39, 0.29) is 5.60 Å². The van der Waals surface area contributed by atoms with Crippen LogP contribution >= 0.6 is 0 Å². The van der Waals surface area contributed by atoms with E-state index in [1.165, 1.54) is 5.56 Å². The molecule has 0 amide bonds. The summed E-state index contributed by atoms with van der Waals surface area (Å²) < 4.78 is 6.16. The summed E-state index contributed by atoms with van der Waals surface area (Å²) in [5.41, 5.74) is 2.18. The smallest absolute Gasteiger partial charge is 0.0970 e. The molecule has 3 nitrogen and oxygen atoms in total. The molecule has 0 unspecified atom stereocenters. The van der Waals surface area contributed by atoms with Gasteiger partial charge in [0.05, 0.1) is 5.60 Å². The van der Waals surface area contributed by atoms with Gasteiger partial charge in [-0.05, 0) is 46.6 Å². The van der Waals surface area contributed by atoms with E-state index >= 15 is 0 Å². The lowest BCUT2D eigenvalue weighted by Crippen LogP contribution is -2.46. The molecule has 3 heteroatoms. The van der Waals surface area contributed by atoms with Gasteiger partial charge < -0.3 is 9.64 Å². The molecule has 0 spiro atoms. The van der Waals surface area contributed by atoms with E-state index in [1.807, 2.05) is 27.0 Å². The molecule has 1 aliphatic rings. The van der Waals surface area contributed by atoms with Gasteiger partial charge in [0.2, 0.25) is 0 Å². The molecule has 0 aromatic carbocycles. The predicted octanol–water partition coefficient (Wildman–Crippen LogP) is 4.15. The second kappa shape index (κ2) is 8.50. The molecule has 21 heavy (non-hydrogen) atoms. The molecule has 2 heterocycles. The van der Waals surface area contributed by atoms with Crippen LogP contribution in [0.4, 0.5) is 0 Å². The summed E-state index contributed by atoms with van der Waals surface area (Å²) in [6.45, 7) is 15.6. The van der Waals surface area contributed by atoms with E-state index in [4.69, 9.17) is 4.74 Å². The third kappa shape index (κ3) is 4.52. The van der Waals surface area contributed by atoms with Gasteiger partial charge in [-0.2, -0.15) is 0 Å². The van der Waals surface area contributed by atoms with Gasteiger partial charge >= 0.3 is 0 Å². The van der Waals surface area contributed by atoms with Crippen LogP contribution in [0.15, 0.2) is 18.3 Å². The van der Waals surface area contributed by atoms with Gasteiger partial charge in [-0.15, -0.1) is 0 Å². The fraction of sp³-hybridized carbons (Fsp3) is 0.722. The van der Waals surface area contributed by atoms with Crippen LogP contribution in [0.25, 0.3) is 0 Å². The fourth-order valence-electron chi connectivity index (χ4n) is 2.93. The van der Waals surface area contributed by atoms with Crippen LogP contribution in [0.2, 0.25) is 0 Å². The molecule has 1 saturated heterocycles. The van der Waals surface area contributed by atoms with Crippen molar-refractivity contribution in [3.8, 4) is 0 Å². The number of hydrogen-bond donors (Lipinski definition) is 0. The predicted molar refractivity (Wildman–Crippen MR) is 89.6 cm³/mol. The molecule has 1 aliphatic heterocycles. The van der Waals surface area contributed by atoms with Crippen molar-refractivity contribution in [1.29, 1.82) is 0 Å². The molecule has 0 atom stereocenters. The summed E-state index contributed by atoms with van der Waals surface area (Å²) in [5, 5.41) is 0. The molecule has 1 aromatic heterocycles. The quantitative estimate of drug-likeness (QED) is 0.833. The number of ether oxygens (including phenoxy) is 1. The minimum atomic E-state index is -0.124. The van der Waals surface area contributed by atoms with Gasteiger partial charge in [0.25, 0.3) is 0 Å². The average Bonchev–Trinajstić information content (AvgIpc) is 2.50. The first-order chi connectivity index (χ1) is 10.1. The standard InChI is InChI=1S/C16H26N2O.C2H6/c1-5-19-16(15-7-6-14(4)17-12-15)8-10-18(11-9-16)13(2)3;1-2/h6-7,12-13H,5,8-11H2,1-4H3;1-2H3. The number of piperidine rings is 1. The first kappa shape index (κ1) is 18.1. The number of aromatic nitrogens is 1. The average molecular weight is 292 g/mol. The molecule has 1 aromatic rings. The molecule has 0 N–H and O–H groups in total. The van der Waals surface area contributed by atoms with Crippen molar-refractivity contribution in [3.63, 3.8) is 0 Å². The molecule has 2 rings (SSSR count). The normalized spacial score (nSPS) is 18.2. The van der Waals surface area contributed by atoms with Crippen molar-refractivity contribution in [3.05, 3.63) is 29.6 Å². The lowest BCUT2D eigenvalue weighted by atomic mass is 9.84. The summed E-state index contributed by atoms with van der Waals surface area (Å²) in [7, 11) is 0. The van der Waals surface area contributed by atoms with Gasteiger partial charge in [0.1, 0.15) is 0 Å². The summed E-state index contributed by atoms with van der Waals surface area (Å²) >= 11 is 0. The van der Waals surface area contributed by atoms with Gasteiger partial charge in [0, 0.05) is 43.2 Å². The van der Waals surface area contributed by atoms with Crippen LogP contribution in [0.1, 0.15) is 58.7 Å². The second-order valence-electron chi connectivity index (χ2n) is 5.75. The van der Waals surface area contributed by atoms with E-state index < -0.39 is 0 Å². The number of aryl methyl sites for hydroxylation is 1. The number of likely N-dealkylation sites (tertiary alicyclic amines) is 1. The Bertz CT molecular complexity index is 392. The molecule has 120 valence electrons. The van der Waals surface area contributed by atoms with Gasteiger partial charge in [-0.3, -0.25) is 4.98 Å². The Kier molecular flexibility index (Phi) is 7.33. The van der Waals surface area contributed by atoms with E-state index in [0.29, 0.717) is 6.04 Å². The summed E-state index contributed by atoms with van der Waals surface area (Å²) in [6, 6.07) is 4.89. The van der Waals surface area contributed by atoms with Gasteiger partial charge in [-0.25, -0.2) is 0 Å². The fourth-order valence-corrected chi connectivity index (χ4v) is 2.93. The number of hydrogen-bond acceptors (Lipinski definition) is 3. The number of nitrogens with zero attached hydrogens (tertiary/aromatic N) is 2. The van der Waals surface area contributed by atoms with Crippen LogP contribution in [-0.4, -0.2) is 35.6 Å². The van der Waals surface area contributed by atoms with Crippen molar-refractivity contribution in [2.24, 2.45) is 0 Å². The Morgan fingerprint density at radius 1 is 1.24 bits per heavy atom. The zero-order chi connectivity index (χ0) is 15.9. The first-order valence-corrected chi connectivity index (χ1v) is 8.38. The van der Waals surface area contributed by atoms with Gasteiger partial charge in [0.15, 0.2) is 0 Å². The molecule has 1 fully saturated rings. The molecular formula is C18H32N2O. The van der Waals surface area contributed by atoms with Crippen LogP contribution in [0.3, 0.4) is 0 Å². The van der Waals surface area contributed by atoms with Crippen molar-refractivity contribution in [1.82, 2.24) is 9.88 Å². The van der Waals surface area contributed by atoms with Crippen LogP contribution in [0, 0.1) is 6.92 Å². The minimum Gasteiger partial charge on any atom is -0.370 e. The SMILES string of the molecule is CC.CCOC1(c2ccc(C)nc2)CCN(C(C)C)CC1. The maximum Gasteiger partial charge on any atom is 0.0970 e. The Morgan fingerprint density at radius 3 is 2.29 bits per heavy atom. The second-order valence-corrected chi connectivity index (χ2v) is 5.75.